The first-order valence-corrected chi connectivity index (χ1v) is 9.28. The van der Waals surface area contributed by atoms with Gasteiger partial charge in [0.05, 0.1) is 25.9 Å². The van der Waals surface area contributed by atoms with Crippen LogP contribution in [0.1, 0.15) is 12.0 Å². The van der Waals surface area contributed by atoms with Crippen LogP contribution in [-0.4, -0.2) is 50.5 Å². The third kappa shape index (κ3) is 5.01. The molecule has 2 amide bonds. The molecular weight excluding hydrogens is 380 g/mol. The Hall–Kier alpha value is -3.16. The maximum absolute atomic E-state index is 14.3. The molecule has 0 aliphatic carbocycles. The van der Waals surface area contributed by atoms with Crippen molar-refractivity contribution in [3.05, 3.63) is 53.6 Å². The van der Waals surface area contributed by atoms with Gasteiger partial charge < -0.3 is 19.9 Å². The molecule has 2 aromatic carbocycles. The maximum Gasteiger partial charge on any atom is 0.243 e. The van der Waals surface area contributed by atoms with Gasteiger partial charge in [0, 0.05) is 31.4 Å². The molecule has 1 aliphatic heterocycles. The van der Waals surface area contributed by atoms with E-state index in [0.29, 0.717) is 36.4 Å². The summed E-state index contributed by atoms with van der Waals surface area (Å²) in [5, 5.41) is 2.71. The van der Waals surface area contributed by atoms with E-state index in [9.17, 15) is 18.4 Å². The lowest BCUT2D eigenvalue weighted by atomic mass is 10.0. The quantitative estimate of drug-likeness (QED) is 0.806. The summed E-state index contributed by atoms with van der Waals surface area (Å²) in [5.41, 5.74) is 1.38. The number of nitrogens with one attached hydrogen (secondary N) is 1. The first-order chi connectivity index (χ1) is 13.9. The molecule has 1 N–H and O–H groups in total. The molecule has 0 fully saturated rings. The van der Waals surface area contributed by atoms with E-state index < -0.39 is 11.6 Å². The zero-order valence-electron chi connectivity index (χ0n) is 16.4. The van der Waals surface area contributed by atoms with E-state index in [2.05, 4.69) is 5.32 Å². The van der Waals surface area contributed by atoms with Crippen molar-refractivity contribution < 1.29 is 23.1 Å². The summed E-state index contributed by atoms with van der Waals surface area (Å²) in [5.74, 6) is -1.38. The number of halogens is 2. The van der Waals surface area contributed by atoms with E-state index >= 15 is 0 Å². The molecule has 0 radical (unpaired) electrons. The minimum absolute atomic E-state index is 0.0848. The van der Waals surface area contributed by atoms with Gasteiger partial charge in [-0.3, -0.25) is 9.59 Å². The Bertz CT molecular complexity index is 920. The summed E-state index contributed by atoms with van der Waals surface area (Å²) in [4.78, 5) is 27.7. The molecule has 0 saturated carbocycles. The van der Waals surface area contributed by atoms with Gasteiger partial charge in [-0.05, 0) is 36.6 Å². The number of aryl methyl sites for hydroxylation is 1. The van der Waals surface area contributed by atoms with Crippen LogP contribution in [0.5, 0.6) is 5.75 Å². The largest absolute Gasteiger partial charge is 0.497 e. The number of likely N-dealkylation sites (N-methyl/N-ethyl adjacent to an activating group) is 1. The van der Waals surface area contributed by atoms with Gasteiger partial charge in [0.1, 0.15) is 17.4 Å². The first kappa shape index (κ1) is 20.6. The molecular formula is C21H23F2N3O3. The van der Waals surface area contributed by atoms with Gasteiger partial charge in [-0.2, -0.15) is 0 Å². The Morgan fingerprint density at radius 2 is 2.03 bits per heavy atom. The Morgan fingerprint density at radius 1 is 1.24 bits per heavy atom. The molecule has 6 nitrogen and oxygen atoms in total. The fourth-order valence-electron chi connectivity index (χ4n) is 3.38. The van der Waals surface area contributed by atoms with Crippen molar-refractivity contribution in [1.29, 1.82) is 0 Å². The minimum atomic E-state index is -0.675. The van der Waals surface area contributed by atoms with Crippen LogP contribution in [0.4, 0.5) is 20.2 Å². The number of carbonyl (C=O) groups excluding carboxylic acids is 2. The number of amides is 2. The Kier molecular flexibility index (Phi) is 6.31. The number of rotatable bonds is 6. The highest BCUT2D eigenvalue weighted by molar-refractivity contribution is 5.95. The Morgan fingerprint density at radius 3 is 2.79 bits per heavy atom. The van der Waals surface area contributed by atoms with Crippen molar-refractivity contribution in [1.82, 2.24) is 4.90 Å². The molecule has 8 heteroatoms. The lowest BCUT2D eigenvalue weighted by molar-refractivity contribution is -0.132. The highest BCUT2D eigenvalue weighted by Crippen LogP contribution is 2.30. The smallest absolute Gasteiger partial charge is 0.243 e. The third-order valence-electron chi connectivity index (χ3n) is 4.78. The fourth-order valence-corrected chi connectivity index (χ4v) is 3.38. The van der Waals surface area contributed by atoms with Gasteiger partial charge in [-0.1, -0.05) is 6.07 Å². The summed E-state index contributed by atoms with van der Waals surface area (Å²) in [6, 6.07) is 9.02. The number of carbonyl (C=O) groups is 2. The maximum atomic E-state index is 14.3. The van der Waals surface area contributed by atoms with Crippen molar-refractivity contribution in [3.8, 4) is 5.75 Å². The van der Waals surface area contributed by atoms with Crippen LogP contribution in [-0.2, 0) is 16.0 Å². The molecule has 0 bridgehead atoms. The van der Waals surface area contributed by atoms with E-state index in [0.717, 1.165) is 6.07 Å². The molecule has 0 aromatic heterocycles. The van der Waals surface area contributed by atoms with E-state index in [-0.39, 0.29) is 30.6 Å². The Balaban J connectivity index is 1.61. The minimum Gasteiger partial charge on any atom is -0.497 e. The average Bonchev–Trinajstić information content (AvgIpc) is 2.67. The number of hydrogen-bond donors (Lipinski definition) is 1. The molecule has 154 valence electrons. The summed E-state index contributed by atoms with van der Waals surface area (Å²) in [6.45, 7) is 0.256. The summed E-state index contributed by atoms with van der Waals surface area (Å²) in [6.07, 6.45) is 1.26. The molecule has 1 aliphatic rings. The second-order valence-corrected chi connectivity index (χ2v) is 6.95. The van der Waals surface area contributed by atoms with Gasteiger partial charge in [0.2, 0.25) is 11.8 Å². The number of fused-ring (bicyclic) bond motifs is 1. The van der Waals surface area contributed by atoms with Crippen LogP contribution in [0.3, 0.4) is 0 Å². The van der Waals surface area contributed by atoms with Crippen LogP contribution >= 0.6 is 0 Å². The fraction of sp³-hybridized carbons (Fsp3) is 0.333. The van der Waals surface area contributed by atoms with Crippen molar-refractivity contribution in [2.75, 3.05) is 44.0 Å². The van der Waals surface area contributed by atoms with Crippen LogP contribution in [0, 0.1) is 11.6 Å². The van der Waals surface area contributed by atoms with Crippen LogP contribution in [0.25, 0.3) is 0 Å². The first-order valence-electron chi connectivity index (χ1n) is 9.28. The summed E-state index contributed by atoms with van der Waals surface area (Å²) in [7, 11) is 3.04. The predicted octanol–water partition coefficient (Wildman–Crippen LogP) is 2.82. The van der Waals surface area contributed by atoms with Crippen LogP contribution in [0.2, 0.25) is 0 Å². The van der Waals surface area contributed by atoms with Gasteiger partial charge in [-0.25, -0.2) is 8.78 Å². The van der Waals surface area contributed by atoms with Gasteiger partial charge in [0.15, 0.2) is 0 Å². The van der Waals surface area contributed by atoms with E-state index in [1.807, 2.05) is 0 Å². The summed E-state index contributed by atoms with van der Waals surface area (Å²) >= 11 is 0. The van der Waals surface area contributed by atoms with Crippen molar-refractivity contribution in [2.45, 2.75) is 12.8 Å². The number of anilines is 2. The third-order valence-corrected chi connectivity index (χ3v) is 4.78. The highest BCUT2D eigenvalue weighted by atomic mass is 19.1. The molecule has 0 spiro atoms. The van der Waals surface area contributed by atoms with E-state index in [1.54, 1.807) is 29.2 Å². The number of nitrogens with zero attached hydrogens (tertiary/aromatic N) is 2. The molecule has 2 aromatic rings. The molecule has 1 heterocycles. The number of ether oxygens (including phenoxy) is 1. The SMILES string of the molecule is COc1cccc(NC(=O)CN(C)C(=O)CN2CCCc3cc(F)cc(F)c32)c1. The standard InChI is InChI=1S/C21H23F2N3O3/c1-25(12-19(27)24-16-6-3-7-17(11-16)29-2)20(28)13-26-8-4-5-14-9-15(22)10-18(23)21(14)26/h3,6-7,9-11H,4-5,8,12-13H2,1-2H3,(H,24,27). The summed E-state index contributed by atoms with van der Waals surface area (Å²) < 4.78 is 32.8. The van der Waals surface area contributed by atoms with E-state index in [4.69, 9.17) is 4.74 Å². The predicted molar refractivity (Wildman–Crippen MR) is 106 cm³/mol. The topological polar surface area (TPSA) is 61.9 Å². The number of methoxy groups -OCH3 is 1. The van der Waals surface area contributed by atoms with Crippen molar-refractivity contribution >= 4 is 23.2 Å². The van der Waals surface area contributed by atoms with Gasteiger partial charge >= 0.3 is 0 Å². The van der Waals surface area contributed by atoms with Crippen molar-refractivity contribution in [2.24, 2.45) is 0 Å². The molecule has 0 unspecified atom stereocenters. The highest BCUT2D eigenvalue weighted by Gasteiger charge is 2.25. The normalized spacial score (nSPS) is 12.9. The molecule has 0 saturated heterocycles. The van der Waals surface area contributed by atoms with Crippen molar-refractivity contribution in [3.63, 3.8) is 0 Å². The lowest BCUT2D eigenvalue weighted by Gasteiger charge is -2.32. The monoisotopic (exact) mass is 403 g/mol. The van der Waals surface area contributed by atoms with Crippen LogP contribution < -0.4 is 15.0 Å². The average molecular weight is 403 g/mol. The number of benzene rings is 2. The molecule has 0 atom stereocenters. The molecule has 3 rings (SSSR count). The van der Waals surface area contributed by atoms with Gasteiger partial charge in [-0.15, -0.1) is 0 Å². The van der Waals surface area contributed by atoms with Gasteiger partial charge in [0.25, 0.3) is 0 Å². The Labute approximate surface area is 168 Å². The second-order valence-electron chi connectivity index (χ2n) is 6.95. The second kappa shape index (κ2) is 8.89. The molecule has 29 heavy (non-hydrogen) atoms. The van der Waals surface area contributed by atoms with E-state index in [1.165, 1.54) is 25.1 Å². The lowest BCUT2D eigenvalue weighted by Crippen LogP contribution is -2.43. The zero-order chi connectivity index (χ0) is 21.0. The zero-order valence-corrected chi connectivity index (χ0v) is 16.4. The number of hydrogen-bond acceptors (Lipinski definition) is 4. The van der Waals surface area contributed by atoms with Crippen LogP contribution in [0.15, 0.2) is 36.4 Å².